The Morgan fingerprint density at radius 2 is 1.68 bits per heavy atom. The molecule has 3 fully saturated rings. The lowest BCUT2D eigenvalue weighted by Crippen LogP contribution is -2.66. The summed E-state index contributed by atoms with van der Waals surface area (Å²) in [7, 11) is 0. The molecule has 4 rings (SSSR count). The summed E-state index contributed by atoms with van der Waals surface area (Å²) in [4.78, 5) is 19.4. The molecule has 3 aliphatic heterocycles. The molecule has 1 amide bonds. The number of carbonyl (C=O) groups is 1. The van der Waals surface area contributed by atoms with E-state index >= 15 is 0 Å². The largest absolute Gasteiger partial charge is 0.369 e. The first-order valence-electron chi connectivity index (χ1n) is 9.47. The average Bonchev–Trinajstić information content (AvgIpc) is 2.80. The van der Waals surface area contributed by atoms with Gasteiger partial charge in [-0.1, -0.05) is 0 Å². The maximum atomic E-state index is 13.1. The van der Waals surface area contributed by atoms with Gasteiger partial charge in [-0.25, -0.2) is 4.39 Å². The van der Waals surface area contributed by atoms with E-state index in [4.69, 9.17) is 0 Å². The van der Waals surface area contributed by atoms with Crippen LogP contribution in [-0.2, 0) is 4.79 Å². The fourth-order valence-electron chi connectivity index (χ4n) is 4.24. The van der Waals surface area contributed by atoms with Crippen LogP contribution in [0.5, 0.6) is 0 Å². The van der Waals surface area contributed by atoms with Crippen molar-refractivity contribution in [2.75, 3.05) is 50.7 Å². The van der Waals surface area contributed by atoms with Gasteiger partial charge in [-0.3, -0.25) is 14.6 Å². The highest BCUT2D eigenvalue weighted by Crippen LogP contribution is 2.24. The number of amides is 1. The van der Waals surface area contributed by atoms with E-state index in [1.54, 1.807) is 0 Å². The van der Waals surface area contributed by atoms with Crippen molar-refractivity contribution in [2.24, 2.45) is 0 Å². The van der Waals surface area contributed by atoms with Crippen molar-refractivity contribution < 1.29 is 9.18 Å². The third kappa shape index (κ3) is 3.65. The molecule has 3 saturated heterocycles. The molecule has 25 heavy (non-hydrogen) atoms. The number of hydrogen-bond acceptors (Lipinski definition) is 4. The van der Waals surface area contributed by atoms with Crippen molar-refractivity contribution in [3.05, 3.63) is 30.1 Å². The summed E-state index contributed by atoms with van der Waals surface area (Å²) in [5, 5.41) is 3.04. The number of nitrogens with one attached hydrogen (secondary N) is 1. The van der Waals surface area contributed by atoms with E-state index in [9.17, 15) is 9.18 Å². The predicted molar refractivity (Wildman–Crippen MR) is 96.2 cm³/mol. The summed E-state index contributed by atoms with van der Waals surface area (Å²) < 4.78 is 13.1. The lowest BCUT2D eigenvalue weighted by Gasteiger charge is -2.50. The first kappa shape index (κ1) is 16.8. The van der Waals surface area contributed by atoms with Crippen LogP contribution in [0.15, 0.2) is 24.3 Å². The highest BCUT2D eigenvalue weighted by Gasteiger charge is 2.39. The van der Waals surface area contributed by atoms with Crippen molar-refractivity contribution in [2.45, 2.75) is 31.3 Å². The summed E-state index contributed by atoms with van der Waals surface area (Å²) in [6.45, 7) is 6.87. The van der Waals surface area contributed by atoms with Gasteiger partial charge in [0.1, 0.15) is 5.82 Å². The van der Waals surface area contributed by atoms with E-state index in [1.807, 2.05) is 12.1 Å². The predicted octanol–water partition coefficient (Wildman–Crippen LogP) is 1.30. The molecule has 1 aromatic rings. The van der Waals surface area contributed by atoms with E-state index in [-0.39, 0.29) is 17.8 Å². The summed E-state index contributed by atoms with van der Waals surface area (Å²) in [6, 6.07) is 7.44. The van der Waals surface area contributed by atoms with Crippen molar-refractivity contribution in [1.29, 1.82) is 0 Å². The monoisotopic (exact) mass is 346 g/mol. The molecular weight excluding hydrogens is 319 g/mol. The van der Waals surface area contributed by atoms with Gasteiger partial charge >= 0.3 is 0 Å². The number of nitrogens with zero attached hydrogens (tertiary/aromatic N) is 3. The molecule has 3 heterocycles. The van der Waals surface area contributed by atoms with Crippen molar-refractivity contribution >= 4 is 11.6 Å². The average molecular weight is 346 g/mol. The lowest BCUT2D eigenvalue weighted by atomic mass is 9.99. The zero-order valence-corrected chi connectivity index (χ0v) is 14.7. The molecule has 6 heteroatoms. The van der Waals surface area contributed by atoms with Crippen LogP contribution in [0, 0.1) is 5.82 Å². The van der Waals surface area contributed by atoms with Gasteiger partial charge < -0.3 is 10.2 Å². The second-order valence-corrected chi connectivity index (χ2v) is 7.41. The summed E-state index contributed by atoms with van der Waals surface area (Å²) in [5.41, 5.74) is 1.10. The third-order valence-corrected chi connectivity index (χ3v) is 5.86. The van der Waals surface area contributed by atoms with Gasteiger partial charge in [-0.2, -0.15) is 0 Å². The zero-order chi connectivity index (χ0) is 17.2. The SMILES string of the molecule is O=C1NCCCCC1N1CC(N2CCN(c3ccc(F)cc3)CC2)C1. The van der Waals surface area contributed by atoms with Crippen molar-refractivity contribution in [3.63, 3.8) is 0 Å². The van der Waals surface area contributed by atoms with E-state index < -0.39 is 0 Å². The Balaban J connectivity index is 1.25. The van der Waals surface area contributed by atoms with Crippen LogP contribution in [0.3, 0.4) is 0 Å². The normalized spacial score (nSPS) is 26.8. The smallest absolute Gasteiger partial charge is 0.237 e. The molecule has 0 radical (unpaired) electrons. The van der Waals surface area contributed by atoms with Crippen LogP contribution >= 0.6 is 0 Å². The van der Waals surface area contributed by atoms with Gasteiger partial charge in [0.15, 0.2) is 0 Å². The minimum atomic E-state index is -0.181. The first-order valence-corrected chi connectivity index (χ1v) is 9.47. The number of benzene rings is 1. The summed E-state index contributed by atoms with van der Waals surface area (Å²) in [6.07, 6.45) is 3.24. The van der Waals surface area contributed by atoms with Gasteiger partial charge in [-0.15, -0.1) is 0 Å². The minimum absolute atomic E-state index is 0.0826. The molecule has 1 N–H and O–H groups in total. The van der Waals surface area contributed by atoms with Gasteiger partial charge in [0, 0.05) is 57.5 Å². The van der Waals surface area contributed by atoms with Gasteiger partial charge in [0.05, 0.1) is 6.04 Å². The van der Waals surface area contributed by atoms with E-state index in [1.165, 1.54) is 12.1 Å². The number of piperazine rings is 1. The molecule has 1 aromatic carbocycles. The molecule has 0 aromatic heterocycles. The first-order chi connectivity index (χ1) is 12.2. The summed E-state index contributed by atoms with van der Waals surface area (Å²) >= 11 is 0. The summed E-state index contributed by atoms with van der Waals surface area (Å²) in [5.74, 6) is 0.0385. The van der Waals surface area contributed by atoms with Gasteiger partial charge in [0.25, 0.3) is 0 Å². The van der Waals surface area contributed by atoms with Crippen LogP contribution in [0.25, 0.3) is 0 Å². The molecule has 0 saturated carbocycles. The number of likely N-dealkylation sites (tertiary alicyclic amines) is 1. The highest BCUT2D eigenvalue weighted by molar-refractivity contribution is 5.82. The Morgan fingerprint density at radius 1 is 0.960 bits per heavy atom. The van der Waals surface area contributed by atoms with E-state index in [0.29, 0.717) is 6.04 Å². The van der Waals surface area contributed by atoms with Crippen molar-refractivity contribution in [1.82, 2.24) is 15.1 Å². The van der Waals surface area contributed by atoms with E-state index in [0.717, 1.165) is 70.8 Å². The van der Waals surface area contributed by atoms with Crippen LogP contribution in [-0.4, -0.2) is 73.6 Å². The molecule has 1 unspecified atom stereocenters. The number of carbonyl (C=O) groups excluding carboxylic acids is 1. The highest BCUT2D eigenvalue weighted by atomic mass is 19.1. The Labute approximate surface area is 148 Å². The molecule has 0 bridgehead atoms. The molecule has 0 spiro atoms. The number of rotatable bonds is 3. The Hall–Kier alpha value is -1.66. The Morgan fingerprint density at radius 3 is 2.40 bits per heavy atom. The van der Waals surface area contributed by atoms with Crippen LogP contribution in [0.4, 0.5) is 10.1 Å². The topological polar surface area (TPSA) is 38.8 Å². The molecular formula is C19H27FN4O. The molecule has 5 nitrogen and oxygen atoms in total. The second-order valence-electron chi connectivity index (χ2n) is 7.41. The van der Waals surface area contributed by atoms with Crippen LogP contribution in [0.2, 0.25) is 0 Å². The van der Waals surface area contributed by atoms with E-state index in [2.05, 4.69) is 20.0 Å². The number of anilines is 1. The third-order valence-electron chi connectivity index (χ3n) is 5.86. The van der Waals surface area contributed by atoms with Crippen LogP contribution < -0.4 is 10.2 Å². The van der Waals surface area contributed by atoms with Gasteiger partial charge in [-0.05, 0) is 43.5 Å². The number of hydrogen-bond donors (Lipinski definition) is 1. The lowest BCUT2D eigenvalue weighted by molar-refractivity contribution is -0.129. The fourth-order valence-corrected chi connectivity index (χ4v) is 4.24. The van der Waals surface area contributed by atoms with Crippen molar-refractivity contribution in [3.8, 4) is 0 Å². The Bertz CT molecular complexity index is 594. The quantitative estimate of drug-likeness (QED) is 0.896. The maximum Gasteiger partial charge on any atom is 0.237 e. The maximum absolute atomic E-state index is 13.1. The number of halogens is 1. The van der Waals surface area contributed by atoms with Gasteiger partial charge in [0.2, 0.25) is 5.91 Å². The molecule has 1 atom stereocenters. The van der Waals surface area contributed by atoms with Crippen LogP contribution in [0.1, 0.15) is 19.3 Å². The Kier molecular flexibility index (Phi) is 4.90. The molecule has 3 aliphatic rings. The fraction of sp³-hybridized carbons (Fsp3) is 0.632. The standard InChI is InChI=1S/C19H27FN4O/c20-15-4-6-16(7-5-15)22-9-11-23(12-10-22)17-13-24(14-17)18-3-1-2-8-21-19(18)25/h4-7,17-18H,1-3,8-14H2,(H,21,25). The second kappa shape index (κ2) is 7.30. The molecule has 136 valence electrons. The zero-order valence-electron chi connectivity index (χ0n) is 14.7. The minimum Gasteiger partial charge on any atom is -0.369 e. The molecule has 0 aliphatic carbocycles.